The van der Waals surface area contributed by atoms with E-state index in [2.05, 4.69) is 10.6 Å². The van der Waals surface area contributed by atoms with Gasteiger partial charge in [0.15, 0.2) is 0 Å². The van der Waals surface area contributed by atoms with Gasteiger partial charge in [-0.3, -0.25) is 4.79 Å². The van der Waals surface area contributed by atoms with Crippen LogP contribution in [-0.2, 0) is 11.3 Å². The third-order valence-corrected chi connectivity index (χ3v) is 4.30. The first-order valence-electron chi connectivity index (χ1n) is 7.98. The maximum Gasteiger partial charge on any atom is 0.221 e. The number of hydrogen-bond donors (Lipinski definition) is 2. The Morgan fingerprint density at radius 2 is 1.76 bits per heavy atom. The molecule has 0 unspecified atom stereocenters. The van der Waals surface area contributed by atoms with Gasteiger partial charge in [0.25, 0.3) is 0 Å². The molecule has 1 fully saturated rings. The number of hydrogen-bond acceptors (Lipinski definition) is 2. The summed E-state index contributed by atoms with van der Waals surface area (Å²) in [5.41, 5.74) is 1.07. The molecule has 0 heterocycles. The number of rotatable bonds is 6. The highest BCUT2D eigenvalue weighted by molar-refractivity contribution is 6.30. The van der Waals surface area contributed by atoms with Gasteiger partial charge in [0.05, 0.1) is 0 Å². The molecule has 0 spiro atoms. The summed E-state index contributed by atoms with van der Waals surface area (Å²) in [5.74, 6) is 0.103. The highest BCUT2D eigenvalue weighted by atomic mass is 35.5. The van der Waals surface area contributed by atoms with Crippen LogP contribution in [0.15, 0.2) is 24.3 Å². The molecule has 0 atom stereocenters. The van der Waals surface area contributed by atoms with Crippen molar-refractivity contribution in [1.82, 2.24) is 10.6 Å². The number of halogens is 1. The molecule has 0 aliphatic heterocycles. The Balaban J connectivity index is 1.59. The Hall–Kier alpha value is -1.06. The number of carbonyl (C=O) groups excluding carboxylic acids is 1. The van der Waals surface area contributed by atoms with Gasteiger partial charge in [-0.25, -0.2) is 0 Å². The molecule has 0 bridgehead atoms. The third-order valence-electron chi connectivity index (χ3n) is 4.04. The van der Waals surface area contributed by atoms with Crippen molar-refractivity contribution >= 4 is 17.5 Å². The van der Waals surface area contributed by atoms with Crippen molar-refractivity contribution in [1.29, 1.82) is 0 Å². The van der Waals surface area contributed by atoms with E-state index in [-0.39, 0.29) is 5.91 Å². The van der Waals surface area contributed by atoms with Crippen LogP contribution in [0.4, 0.5) is 0 Å². The molecule has 4 heteroatoms. The summed E-state index contributed by atoms with van der Waals surface area (Å²) in [6.45, 7) is 1.34. The Morgan fingerprint density at radius 3 is 2.43 bits per heavy atom. The SMILES string of the molecule is O=C(CCNC1CCCCCC1)NCc1ccc(Cl)cc1. The second kappa shape index (κ2) is 9.06. The van der Waals surface area contributed by atoms with Crippen LogP contribution >= 0.6 is 11.6 Å². The zero-order valence-corrected chi connectivity index (χ0v) is 13.3. The van der Waals surface area contributed by atoms with E-state index in [1.165, 1.54) is 38.5 Å². The quantitative estimate of drug-likeness (QED) is 0.787. The summed E-state index contributed by atoms with van der Waals surface area (Å²) in [5, 5.41) is 7.19. The van der Waals surface area contributed by atoms with E-state index in [4.69, 9.17) is 11.6 Å². The zero-order valence-electron chi connectivity index (χ0n) is 12.5. The third kappa shape index (κ3) is 6.49. The van der Waals surface area contributed by atoms with Crippen LogP contribution in [0.25, 0.3) is 0 Å². The summed E-state index contributed by atoms with van der Waals surface area (Å²) in [6.07, 6.45) is 8.42. The average molecular weight is 309 g/mol. The number of nitrogens with one attached hydrogen (secondary N) is 2. The van der Waals surface area contributed by atoms with E-state index >= 15 is 0 Å². The molecule has 1 aromatic carbocycles. The Bertz CT molecular complexity index is 425. The van der Waals surface area contributed by atoms with Gasteiger partial charge in [-0.05, 0) is 30.5 Å². The van der Waals surface area contributed by atoms with Gasteiger partial charge in [0.2, 0.25) is 5.91 Å². The minimum Gasteiger partial charge on any atom is -0.352 e. The van der Waals surface area contributed by atoms with Crippen molar-refractivity contribution in [3.63, 3.8) is 0 Å². The smallest absolute Gasteiger partial charge is 0.221 e. The van der Waals surface area contributed by atoms with Gasteiger partial charge in [0.1, 0.15) is 0 Å². The predicted octanol–water partition coefficient (Wildman–Crippen LogP) is 3.66. The fourth-order valence-electron chi connectivity index (χ4n) is 2.76. The molecule has 21 heavy (non-hydrogen) atoms. The molecule has 2 rings (SSSR count). The number of amides is 1. The van der Waals surface area contributed by atoms with Crippen molar-refractivity contribution in [2.24, 2.45) is 0 Å². The van der Waals surface area contributed by atoms with Crippen LogP contribution in [0, 0.1) is 0 Å². The van der Waals surface area contributed by atoms with E-state index in [1.807, 2.05) is 24.3 Å². The van der Waals surface area contributed by atoms with E-state index in [1.54, 1.807) is 0 Å². The molecule has 1 amide bonds. The van der Waals surface area contributed by atoms with Gasteiger partial charge in [-0.15, -0.1) is 0 Å². The van der Waals surface area contributed by atoms with Crippen molar-refractivity contribution in [2.45, 2.75) is 57.5 Å². The second-order valence-corrected chi connectivity index (χ2v) is 6.23. The Morgan fingerprint density at radius 1 is 1.10 bits per heavy atom. The molecule has 0 radical (unpaired) electrons. The van der Waals surface area contributed by atoms with Crippen LogP contribution in [0.5, 0.6) is 0 Å². The normalized spacial score (nSPS) is 16.4. The molecule has 0 aromatic heterocycles. The molecule has 2 N–H and O–H groups in total. The van der Waals surface area contributed by atoms with Gasteiger partial charge < -0.3 is 10.6 Å². The van der Waals surface area contributed by atoms with E-state index in [9.17, 15) is 4.79 Å². The maximum absolute atomic E-state index is 11.8. The predicted molar refractivity (Wildman–Crippen MR) is 87.4 cm³/mol. The van der Waals surface area contributed by atoms with Crippen molar-refractivity contribution < 1.29 is 4.79 Å². The average Bonchev–Trinajstić information content (AvgIpc) is 2.75. The van der Waals surface area contributed by atoms with E-state index in [0.717, 1.165) is 17.1 Å². The summed E-state index contributed by atoms with van der Waals surface area (Å²) < 4.78 is 0. The fourth-order valence-corrected chi connectivity index (χ4v) is 2.89. The topological polar surface area (TPSA) is 41.1 Å². The number of carbonyl (C=O) groups is 1. The Kier molecular flexibility index (Phi) is 7.04. The van der Waals surface area contributed by atoms with Gasteiger partial charge in [-0.1, -0.05) is 49.4 Å². The molecular weight excluding hydrogens is 284 g/mol. The van der Waals surface area contributed by atoms with E-state index < -0.39 is 0 Å². The van der Waals surface area contributed by atoms with Gasteiger partial charge in [-0.2, -0.15) is 0 Å². The molecular formula is C17H25ClN2O. The highest BCUT2D eigenvalue weighted by Crippen LogP contribution is 2.17. The largest absolute Gasteiger partial charge is 0.352 e. The molecule has 0 saturated heterocycles. The molecule has 1 aromatic rings. The first-order valence-corrected chi connectivity index (χ1v) is 8.36. The molecule has 116 valence electrons. The van der Waals surface area contributed by atoms with Crippen molar-refractivity contribution in [3.8, 4) is 0 Å². The molecule has 1 saturated carbocycles. The first-order chi connectivity index (χ1) is 10.2. The first kappa shape index (κ1) is 16.3. The number of benzene rings is 1. The van der Waals surface area contributed by atoms with Crippen LogP contribution < -0.4 is 10.6 Å². The lowest BCUT2D eigenvalue weighted by Gasteiger charge is -2.15. The standard InChI is InChI=1S/C17H25ClN2O/c18-15-9-7-14(8-10-15)13-20-17(21)11-12-19-16-5-3-1-2-4-6-16/h7-10,16,19H,1-6,11-13H2,(H,20,21). The van der Waals surface area contributed by atoms with Crippen molar-refractivity contribution in [3.05, 3.63) is 34.9 Å². The monoisotopic (exact) mass is 308 g/mol. The summed E-state index contributed by atoms with van der Waals surface area (Å²) >= 11 is 5.83. The van der Waals surface area contributed by atoms with Crippen molar-refractivity contribution in [2.75, 3.05) is 6.54 Å². The van der Waals surface area contributed by atoms with Crippen LogP contribution in [-0.4, -0.2) is 18.5 Å². The van der Waals surface area contributed by atoms with Crippen LogP contribution in [0.2, 0.25) is 5.02 Å². The lowest BCUT2D eigenvalue weighted by Crippen LogP contribution is -2.33. The molecule has 1 aliphatic carbocycles. The zero-order chi connectivity index (χ0) is 14.9. The van der Waals surface area contributed by atoms with Crippen LogP contribution in [0.1, 0.15) is 50.5 Å². The summed E-state index contributed by atoms with van der Waals surface area (Å²) in [6, 6.07) is 8.17. The van der Waals surface area contributed by atoms with Gasteiger partial charge in [0, 0.05) is 30.6 Å². The highest BCUT2D eigenvalue weighted by Gasteiger charge is 2.11. The molecule has 1 aliphatic rings. The lowest BCUT2D eigenvalue weighted by molar-refractivity contribution is -0.121. The maximum atomic E-state index is 11.8. The van der Waals surface area contributed by atoms with Gasteiger partial charge >= 0.3 is 0 Å². The minimum atomic E-state index is 0.103. The summed E-state index contributed by atoms with van der Waals surface area (Å²) in [4.78, 5) is 11.8. The second-order valence-electron chi connectivity index (χ2n) is 5.80. The van der Waals surface area contributed by atoms with Crippen LogP contribution in [0.3, 0.4) is 0 Å². The Labute approximate surface area is 132 Å². The summed E-state index contributed by atoms with van der Waals surface area (Å²) in [7, 11) is 0. The van der Waals surface area contributed by atoms with E-state index in [0.29, 0.717) is 19.0 Å². The minimum absolute atomic E-state index is 0.103. The fraction of sp³-hybridized carbons (Fsp3) is 0.588. The molecule has 3 nitrogen and oxygen atoms in total. The lowest BCUT2D eigenvalue weighted by atomic mass is 10.1.